The molecule has 0 fully saturated rings. The van der Waals surface area contributed by atoms with E-state index in [1.54, 1.807) is 0 Å². The molecule has 1 aromatic heterocycles. The van der Waals surface area contributed by atoms with Crippen LogP contribution in [0.3, 0.4) is 0 Å². The number of hydrogen-bond acceptors (Lipinski definition) is 3. The summed E-state index contributed by atoms with van der Waals surface area (Å²) in [6.45, 7) is 6.93. The third-order valence-electron chi connectivity index (χ3n) is 2.06. The largest absolute Gasteiger partial charge is 0.330 e. The van der Waals surface area contributed by atoms with Crippen LogP contribution in [0.5, 0.6) is 0 Å². The second kappa shape index (κ2) is 4.33. The van der Waals surface area contributed by atoms with Crippen LogP contribution in [0.25, 0.3) is 0 Å². The smallest absolute Gasteiger partial charge is 0.129 e. The zero-order chi connectivity index (χ0) is 9.84. The number of nitrogens with zero attached hydrogens (tertiary/aromatic N) is 2. The molecule has 1 rings (SSSR count). The molecule has 0 unspecified atom stereocenters. The minimum atomic E-state index is 0.493. The van der Waals surface area contributed by atoms with Gasteiger partial charge in [0.15, 0.2) is 0 Å². The normalized spacial score (nSPS) is 10.8. The molecule has 0 saturated heterocycles. The number of rotatable bonds is 3. The van der Waals surface area contributed by atoms with Gasteiger partial charge in [-0.1, -0.05) is 13.8 Å². The number of nitrogens with two attached hydrogens (primary N) is 1. The number of hydrogen-bond donors (Lipinski definition) is 1. The molecule has 0 spiro atoms. The maximum Gasteiger partial charge on any atom is 0.129 e. The van der Waals surface area contributed by atoms with E-state index in [-0.39, 0.29) is 0 Å². The van der Waals surface area contributed by atoms with Crippen LogP contribution in [-0.2, 0) is 6.42 Å². The lowest BCUT2D eigenvalue weighted by Gasteiger charge is -2.08. The first-order valence-electron chi connectivity index (χ1n) is 4.67. The maximum atomic E-state index is 5.43. The predicted molar refractivity (Wildman–Crippen MR) is 53.6 cm³/mol. The fraction of sp³-hybridized carbons (Fsp3) is 0.600. The van der Waals surface area contributed by atoms with E-state index >= 15 is 0 Å². The highest BCUT2D eigenvalue weighted by molar-refractivity contribution is 5.19. The number of aromatic nitrogens is 2. The Kier molecular flexibility index (Phi) is 3.37. The molecule has 3 heteroatoms. The molecular formula is C10H17N3. The van der Waals surface area contributed by atoms with Crippen LogP contribution in [0.4, 0.5) is 0 Å². The van der Waals surface area contributed by atoms with E-state index in [0.717, 1.165) is 17.9 Å². The Hall–Kier alpha value is -0.960. The molecule has 0 aliphatic carbocycles. The SMILES string of the molecule is Cc1nc(CCN)ncc1C(C)C. The van der Waals surface area contributed by atoms with Gasteiger partial charge in [-0.15, -0.1) is 0 Å². The van der Waals surface area contributed by atoms with Crippen molar-refractivity contribution in [2.75, 3.05) is 6.54 Å². The molecule has 1 heterocycles. The quantitative estimate of drug-likeness (QED) is 0.763. The summed E-state index contributed by atoms with van der Waals surface area (Å²) >= 11 is 0. The standard InChI is InChI=1S/C10H17N3/c1-7(2)9-6-12-10(4-5-11)13-8(9)3/h6-7H,4-5,11H2,1-3H3. The Morgan fingerprint density at radius 2 is 2.15 bits per heavy atom. The van der Waals surface area contributed by atoms with Crippen LogP contribution in [0, 0.1) is 6.92 Å². The minimum absolute atomic E-state index is 0.493. The summed E-state index contributed by atoms with van der Waals surface area (Å²) in [6, 6.07) is 0. The zero-order valence-electron chi connectivity index (χ0n) is 8.54. The Bertz CT molecular complexity index is 281. The lowest BCUT2D eigenvalue weighted by molar-refractivity contribution is 0.792. The van der Waals surface area contributed by atoms with Gasteiger partial charge in [-0.25, -0.2) is 9.97 Å². The van der Waals surface area contributed by atoms with E-state index in [1.165, 1.54) is 5.56 Å². The van der Waals surface area contributed by atoms with E-state index in [2.05, 4.69) is 23.8 Å². The lowest BCUT2D eigenvalue weighted by Crippen LogP contribution is -2.08. The second-order valence-electron chi connectivity index (χ2n) is 3.52. The van der Waals surface area contributed by atoms with Crippen LogP contribution in [0.15, 0.2) is 6.20 Å². The molecule has 0 radical (unpaired) electrons. The summed E-state index contributed by atoms with van der Waals surface area (Å²) in [7, 11) is 0. The molecule has 0 aliphatic heterocycles. The van der Waals surface area contributed by atoms with Crippen molar-refractivity contribution in [3.05, 3.63) is 23.3 Å². The molecule has 2 N–H and O–H groups in total. The van der Waals surface area contributed by atoms with Crippen molar-refractivity contribution in [3.8, 4) is 0 Å². The molecule has 1 aromatic rings. The van der Waals surface area contributed by atoms with E-state index < -0.39 is 0 Å². The third-order valence-corrected chi connectivity index (χ3v) is 2.06. The van der Waals surface area contributed by atoms with E-state index in [0.29, 0.717) is 12.5 Å². The van der Waals surface area contributed by atoms with Crippen LogP contribution in [0.1, 0.15) is 36.8 Å². The second-order valence-corrected chi connectivity index (χ2v) is 3.52. The van der Waals surface area contributed by atoms with Gasteiger partial charge in [-0.3, -0.25) is 0 Å². The molecule has 3 nitrogen and oxygen atoms in total. The monoisotopic (exact) mass is 179 g/mol. The number of aryl methyl sites for hydroxylation is 1. The molecule has 0 saturated carbocycles. The van der Waals surface area contributed by atoms with E-state index in [4.69, 9.17) is 5.73 Å². The van der Waals surface area contributed by atoms with Crippen LogP contribution in [0.2, 0.25) is 0 Å². The van der Waals surface area contributed by atoms with Crippen molar-refractivity contribution >= 4 is 0 Å². The van der Waals surface area contributed by atoms with Crippen molar-refractivity contribution in [2.24, 2.45) is 5.73 Å². The van der Waals surface area contributed by atoms with Crippen molar-refractivity contribution in [1.82, 2.24) is 9.97 Å². The Balaban J connectivity index is 2.92. The third kappa shape index (κ3) is 2.49. The van der Waals surface area contributed by atoms with Gasteiger partial charge in [0.25, 0.3) is 0 Å². The van der Waals surface area contributed by atoms with Crippen molar-refractivity contribution < 1.29 is 0 Å². The molecule has 0 atom stereocenters. The fourth-order valence-electron chi connectivity index (χ4n) is 1.34. The summed E-state index contributed by atoms with van der Waals surface area (Å²) < 4.78 is 0. The first-order valence-corrected chi connectivity index (χ1v) is 4.67. The van der Waals surface area contributed by atoms with Gasteiger partial charge in [0.2, 0.25) is 0 Å². The zero-order valence-corrected chi connectivity index (χ0v) is 8.54. The summed E-state index contributed by atoms with van der Waals surface area (Å²) in [6.07, 6.45) is 2.68. The molecule has 0 aliphatic rings. The van der Waals surface area contributed by atoms with Gasteiger partial charge < -0.3 is 5.73 Å². The average Bonchev–Trinajstić information content (AvgIpc) is 2.04. The van der Waals surface area contributed by atoms with Gasteiger partial charge in [0.1, 0.15) is 5.82 Å². The van der Waals surface area contributed by atoms with Crippen LogP contribution < -0.4 is 5.73 Å². The predicted octanol–water partition coefficient (Wildman–Crippen LogP) is 1.41. The van der Waals surface area contributed by atoms with Gasteiger partial charge in [-0.05, 0) is 24.9 Å². The van der Waals surface area contributed by atoms with Crippen molar-refractivity contribution in [3.63, 3.8) is 0 Å². The first-order chi connectivity index (χ1) is 6.15. The highest BCUT2D eigenvalue weighted by Gasteiger charge is 2.05. The van der Waals surface area contributed by atoms with Gasteiger partial charge in [-0.2, -0.15) is 0 Å². The lowest BCUT2D eigenvalue weighted by atomic mass is 10.0. The molecule has 0 aromatic carbocycles. The summed E-state index contributed by atoms with van der Waals surface area (Å²) in [5, 5.41) is 0. The molecule has 72 valence electrons. The summed E-state index contributed by atoms with van der Waals surface area (Å²) in [5.41, 5.74) is 7.73. The van der Waals surface area contributed by atoms with Crippen LogP contribution >= 0.6 is 0 Å². The Labute approximate surface area is 79.4 Å². The molecule has 0 bridgehead atoms. The van der Waals surface area contributed by atoms with Crippen molar-refractivity contribution in [1.29, 1.82) is 0 Å². The first kappa shape index (κ1) is 10.1. The van der Waals surface area contributed by atoms with Crippen molar-refractivity contribution in [2.45, 2.75) is 33.1 Å². The van der Waals surface area contributed by atoms with Crippen LogP contribution in [-0.4, -0.2) is 16.5 Å². The molecular weight excluding hydrogens is 162 g/mol. The average molecular weight is 179 g/mol. The Morgan fingerprint density at radius 3 is 2.62 bits per heavy atom. The van der Waals surface area contributed by atoms with Gasteiger partial charge in [0.05, 0.1) is 0 Å². The highest BCUT2D eigenvalue weighted by atomic mass is 14.9. The van der Waals surface area contributed by atoms with Gasteiger partial charge >= 0.3 is 0 Å². The highest BCUT2D eigenvalue weighted by Crippen LogP contribution is 2.15. The summed E-state index contributed by atoms with van der Waals surface area (Å²) in [4.78, 5) is 8.65. The molecule has 0 amide bonds. The topological polar surface area (TPSA) is 51.8 Å². The Morgan fingerprint density at radius 1 is 1.46 bits per heavy atom. The minimum Gasteiger partial charge on any atom is -0.330 e. The van der Waals surface area contributed by atoms with E-state index in [9.17, 15) is 0 Å². The summed E-state index contributed by atoms with van der Waals surface area (Å²) in [5.74, 6) is 1.34. The van der Waals surface area contributed by atoms with Gasteiger partial charge in [0, 0.05) is 18.3 Å². The molecule has 13 heavy (non-hydrogen) atoms. The van der Waals surface area contributed by atoms with E-state index in [1.807, 2.05) is 13.1 Å². The maximum absolute atomic E-state index is 5.43. The fourth-order valence-corrected chi connectivity index (χ4v) is 1.34.